The Balaban J connectivity index is 1.42. The molecule has 0 fully saturated rings. The molecular weight excluding hydrogens is 390 g/mol. The van der Waals surface area contributed by atoms with E-state index in [1.807, 2.05) is 12.1 Å². The number of fused-ring (bicyclic) bond motifs is 1. The van der Waals surface area contributed by atoms with E-state index in [2.05, 4.69) is 24.0 Å². The first-order valence-corrected chi connectivity index (χ1v) is 9.77. The van der Waals surface area contributed by atoms with Crippen LogP contribution >= 0.6 is 11.6 Å². The minimum absolute atomic E-state index is 0.0194. The average molecular weight is 410 g/mol. The van der Waals surface area contributed by atoms with Crippen LogP contribution in [0.3, 0.4) is 0 Å². The predicted octanol–water partition coefficient (Wildman–Crippen LogP) is 4.51. The summed E-state index contributed by atoms with van der Waals surface area (Å²) in [6, 6.07) is 16.5. The number of anilines is 1. The maximum absolute atomic E-state index is 12.4. The van der Waals surface area contributed by atoms with Crippen molar-refractivity contribution in [2.24, 2.45) is 0 Å². The van der Waals surface area contributed by atoms with Crippen molar-refractivity contribution < 1.29 is 13.9 Å². The Bertz CT molecular complexity index is 1090. The summed E-state index contributed by atoms with van der Waals surface area (Å²) in [6.07, 6.45) is 2.24. The van der Waals surface area contributed by atoms with E-state index in [0.29, 0.717) is 28.9 Å². The third kappa shape index (κ3) is 4.20. The molecule has 0 saturated heterocycles. The third-order valence-corrected chi connectivity index (χ3v) is 5.30. The average Bonchev–Trinajstić information content (AvgIpc) is 3.03. The maximum atomic E-state index is 12.4. The van der Waals surface area contributed by atoms with E-state index >= 15 is 0 Å². The lowest BCUT2D eigenvalue weighted by Gasteiger charge is -2.24. The van der Waals surface area contributed by atoms with Gasteiger partial charge in [0.15, 0.2) is 12.4 Å². The van der Waals surface area contributed by atoms with E-state index in [1.165, 1.54) is 17.9 Å². The van der Waals surface area contributed by atoms with Crippen LogP contribution in [-0.4, -0.2) is 18.4 Å². The van der Waals surface area contributed by atoms with Crippen LogP contribution in [0, 0.1) is 0 Å². The van der Waals surface area contributed by atoms with Gasteiger partial charge in [0.2, 0.25) is 11.2 Å². The van der Waals surface area contributed by atoms with Gasteiger partial charge < -0.3 is 14.1 Å². The summed E-state index contributed by atoms with van der Waals surface area (Å²) >= 11 is 5.82. The number of ketones is 1. The first-order valence-electron chi connectivity index (χ1n) is 9.39. The Morgan fingerprint density at radius 2 is 1.97 bits per heavy atom. The maximum Gasteiger partial charge on any atom is 0.227 e. The molecule has 1 aromatic heterocycles. The Morgan fingerprint density at radius 3 is 2.72 bits per heavy atom. The number of carbonyl (C=O) groups excluding carboxylic acids is 1. The normalized spacial score (nSPS) is 15.2. The van der Waals surface area contributed by atoms with E-state index in [9.17, 15) is 9.59 Å². The number of para-hydroxylation sites is 1. The molecule has 148 valence electrons. The number of rotatable bonds is 6. The third-order valence-electron chi connectivity index (χ3n) is 5.05. The van der Waals surface area contributed by atoms with Crippen molar-refractivity contribution in [2.45, 2.75) is 25.9 Å². The Labute approximate surface area is 173 Å². The summed E-state index contributed by atoms with van der Waals surface area (Å²) in [5, 5.41) is 0.550. The highest BCUT2D eigenvalue weighted by molar-refractivity contribution is 6.30. The Morgan fingerprint density at radius 1 is 1.21 bits per heavy atom. The summed E-state index contributed by atoms with van der Waals surface area (Å²) < 4.78 is 11.0. The highest BCUT2D eigenvalue weighted by Crippen LogP contribution is 2.32. The van der Waals surface area contributed by atoms with Gasteiger partial charge in [-0.1, -0.05) is 29.8 Å². The molecule has 2 heterocycles. The molecule has 4 rings (SSSR count). The largest absolute Gasteiger partial charge is 0.478 e. The Hall–Kier alpha value is -3.05. The highest BCUT2D eigenvalue weighted by Gasteiger charge is 2.26. The van der Waals surface area contributed by atoms with Gasteiger partial charge in [0.05, 0.1) is 6.54 Å². The van der Waals surface area contributed by atoms with Gasteiger partial charge in [0, 0.05) is 28.4 Å². The van der Waals surface area contributed by atoms with E-state index in [4.69, 9.17) is 20.8 Å². The van der Waals surface area contributed by atoms with E-state index < -0.39 is 0 Å². The minimum Gasteiger partial charge on any atom is -0.478 e. The van der Waals surface area contributed by atoms with E-state index in [0.717, 1.165) is 12.1 Å². The van der Waals surface area contributed by atoms with Crippen LogP contribution in [0.4, 0.5) is 5.69 Å². The monoisotopic (exact) mass is 409 g/mol. The molecule has 3 aromatic rings. The van der Waals surface area contributed by atoms with Gasteiger partial charge in [-0.05, 0) is 49.2 Å². The molecule has 29 heavy (non-hydrogen) atoms. The topological polar surface area (TPSA) is 59.8 Å². The van der Waals surface area contributed by atoms with Gasteiger partial charge in [-0.15, -0.1) is 0 Å². The first kappa shape index (κ1) is 19.3. The fourth-order valence-electron chi connectivity index (χ4n) is 3.53. The van der Waals surface area contributed by atoms with Gasteiger partial charge in [0.25, 0.3) is 0 Å². The number of Topliss-reactive ketones (excluding diaryl/α,β-unsaturated/α-hetero) is 1. The van der Waals surface area contributed by atoms with Crippen molar-refractivity contribution in [1.29, 1.82) is 0 Å². The first-order chi connectivity index (χ1) is 14.0. The summed E-state index contributed by atoms with van der Waals surface area (Å²) in [4.78, 5) is 26.8. The second-order valence-corrected chi connectivity index (χ2v) is 7.54. The van der Waals surface area contributed by atoms with Crippen molar-refractivity contribution in [3.05, 3.63) is 93.0 Å². The summed E-state index contributed by atoms with van der Waals surface area (Å²) in [5.41, 5.74) is 2.62. The standard InChI is InChI=1S/C23H20ClNO4/c1-15-10-17-4-2-3-5-20(17)25(15)12-19-11-21(26)23(14-28-19)29-13-22(27)16-6-8-18(24)9-7-16/h2-9,11,14-15H,10,12-13H2,1H3. The molecule has 0 radical (unpaired) electrons. The number of hydrogen-bond donors (Lipinski definition) is 0. The molecule has 1 aliphatic rings. The molecule has 5 nitrogen and oxygen atoms in total. The number of hydrogen-bond acceptors (Lipinski definition) is 5. The minimum atomic E-state index is -0.310. The molecule has 0 spiro atoms. The van der Waals surface area contributed by atoms with Crippen LogP contribution in [0.2, 0.25) is 5.02 Å². The summed E-state index contributed by atoms with van der Waals surface area (Å²) in [6.45, 7) is 2.40. The zero-order valence-corrected chi connectivity index (χ0v) is 16.7. The summed E-state index contributed by atoms with van der Waals surface area (Å²) in [5.74, 6) is 0.327. The van der Waals surface area contributed by atoms with Crippen molar-refractivity contribution in [2.75, 3.05) is 11.5 Å². The predicted molar refractivity (Wildman–Crippen MR) is 112 cm³/mol. The second-order valence-electron chi connectivity index (χ2n) is 7.10. The SMILES string of the molecule is CC1Cc2ccccc2N1Cc1cc(=O)c(OCC(=O)c2ccc(Cl)cc2)co1. The lowest BCUT2D eigenvalue weighted by molar-refractivity contribution is 0.0919. The van der Waals surface area contributed by atoms with Gasteiger partial charge in [0.1, 0.15) is 12.0 Å². The molecule has 1 unspecified atom stereocenters. The van der Waals surface area contributed by atoms with E-state index in [-0.39, 0.29) is 23.6 Å². The lowest BCUT2D eigenvalue weighted by Crippen LogP contribution is -2.29. The molecule has 0 amide bonds. The van der Waals surface area contributed by atoms with Gasteiger partial charge in [-0.25, -0.2) is 0 Å². The van der Waals surface area contributed by atoms with Crippen LogP contribution in [0.1, 0.15) is 28.6 Å². The van der Waals surface area contributed by atoms with Crippen molar-refractivity contribution in [3.63, 3.8) is 0 Å². The molecule has 1 atom stereocenters. The van der Waals surface area contributed by atoms with Crippen molar-refractivity contribution >= 4 is 23.1 Å². The molecular formula is C23H20ClNO4. The van der Waals surface area contributed by atoms with Crippen LogP contribution in [0.5, 0.6) is 5.75 Å². The zero-order chi connectivity index (χ0) is 20.4. The molecule has 1 aliphatic heterocycles. The number of halogens is 1. The fraction of sp³-hybridized carbons (Fsp3) is 0.217. The number of nitrogens with zero attached hydrogens (tertiary/aromatic N) is 1. The molecule has 0 saturated carbocycles. The van der Waals surface area contributed by atoms with Crippen molar-refractivity contribution in [1.82, 2.24) is 0 Å². The second kappa shape index (κ2) is 8.13. The molecule has 0 N–H and O–H groups in total. The smallest absolute Gasteiger partial charge is 0.227 e. The van der Waals surface area contributed by atoms with Crippen LogP contribution in [0.15, 0.2) is 70.1 Å². The molecule has 0 bridgehead atoms. The van der Waals surface area contributed by atoms with Gasteiger partial charge in [-0.3, -0.25) is 9.59 Å². The quantitative estimate of drug-likeness (QED) is 0.561. The van der Waals surface area contributed by atoms with Gasteiger partial charge in [-0.2, -0.15) is 0 Å². The lowest BCUT2D eigenvalue weighted by atomic mass is 10.1. The number of ether oxygens (including phenoxy) is 1. The molecule has 0 aliphatic carbocycles. The van der Waals surface area contributed by atoms with Crippen LogP contribution < -0.4 is 15.1 Å². The number of carbonyl (C=O) groups is 1. The van der Waals surface area contributed by atoms with Crippen LogP contribution in [0.25, 0.3) is 0 Å². The zero-order valence-electron chi connectivity index (χ0n) is 15.9. The molecule has 2 aromatic carbocycles. The van der Waals surface area contributed by atoms with Crippen LogP contribution in [-0.2, 0) is 13.0 Å². The fourth-order valence-corrected chi connectivity index (χ4v) is 3.65. The van der Waals surface area contributed by atoms with E-state index in [1.54, 1.807) is 24.3 Å². The van der Waals surface area contributed by atoms with Crippen molar-refractivity contribution in [3.8, 4) is 5.75 Å². The molecule has 6 heteroatoms. The van der Waals surface area contributed by atoms with Gasteiger partial charge >= 0.3 is 0 Å². The Kier molecular flexibility index (Phi) is 5.41. The number of benzene rings is 2. The highest BCUT2D eigenvalue weighted by atomic mass is 35.5. The summed E-state index contributed by atoms with van der Waals surface area (Å²) in [7, 11) is 0.